The van der Waals surface area contributed by atoms with Gasteiger partial charge in [-0.05, 0) is 36.3 Å². The molecule has 2 aromatic rings. The van der Waals surface area contributed by atoms with E-state index in [0.717, 1.165) is 42.8 Å². The fraction of sp³-hybridized carbons (Fsp3) is 0.375. The Morgan fingerprint density at radius 3 is 2.86 bits per heavy atom. The van der Waals surface area contributed by atoms with Crippen LogP contribution in [0.3, 0.4) is 0 Å². The van der Waals surface area contributed by atoms with Crippen LogP contribution in [-0.4, -0.2) is 25.7 Å². The molecule has 1 aliphatic heterocycles. The summed E-state index contributed by atoms with van der Waals surface area (Å²) >= 11 is 1.01. The van der Waals surface area contributed by atoms with E-state index < -0.39 is 0 Å². The topological polar surface area (TPSA) is 55.4 Å². The number of fused-ring (bicyclic) bond motifs is 1. The van der Waals surface area contributed by atoms with Gasteiger partial charge in [0.1, 0.15) is 0 Å². The summed E-state index contributed by atoms with van der Waals surface area (Å²) in [6.07, 6.45) is 1.96. The van der Waals surface area contributed by atoms with Gasteiger partial charge in [-0.25, -0.2) is 0 Å². The molecule has 5 heteroatoms. The fourth-order valence-corrected chi connectivity index (χ4v) is 3.37. The molecule has 0 spiro atoms. The smallest absolute Gasteiger partial charge is 0.261 e. The Kier molecular flexibility index (Phi) is 4.31. The standard InChI is InChI=1S/C16H17NO3S/c18-15(17-10-11-5-7-20-8-6-11)14-9-12-3-1-2-4-13(12)16(19)21-14/h1-4,9,11H,5-8,10H2,(H,17,18). The van der Waals surface area contributed by atoms with E-state index in [1.807, 2.05) is 18.2 Å². The zero-order valence-electron chi connectivity index (χ0n) is 11.6. The quantitative estimate of drug-likeness (QED) is 0.947. The third-order valence-electron chi connectivity index (χ3n) is 3.79. The maximum atomic E-state index is 12.2. The summed E-state index contributed by atoms with van der Waals surface area (Å²) in [5.41, 5.74) is 0. The van der Waals surface area contributed by atoms with E-state index in [2.05, 4.69) is 5.32 Å². The van der Waals surface area contributed by atoms with Crippen LogP contribution in [0.5, 0.6) is 0 Å². The molecular formula is C16H17NO3S. The van der Waals surface area contributed by atoms with Crippen LogP contribution in [-0.2, 0) is 4.74 Å². The Morgan fingerprint density at radius 2 is 2.05 bits per heavy atom. The van der Waals surface area contributed by atoms with Crippen molar-refractivity contribution in [3.8, 4) is 0 Å². The SMILES string of the molecule is O=C(NCC1CCOCC1)c1cc2ccccc2c(=O)s1. The molecule has 0 radical (unpaired) electrons. The van der Waals surface area contributed by atoms with Crippen LogP contribution in [0.15, 0.2) is 35.1 Å². The molecule has 1 aliphatic rings. The predicted molar refractivity (Wildman–Crippen MR) is 84.0 cm³/mol. The van der Waals surface area contributed by atoms with Crippen molar-refractivity contribution in [1.82, 2.24) is 5.32 Å². The van der Waals surface area contributed by atoms with Crippen molar-refractivity contribution >= 4 is 28.0 Å². The Hall–Kier alpha value is -1.72. The maximum absolute atomic E-state index is 12.2. The van der Waals surface area contributed by atoms with E-state index in [4.69, 9.17) is 4.74 Å². The zero-order chi connectivity index (χ0) is 14.7. The third kappa shape index (κ3) is 3.31. The number of hydrogen-bond acceptors (Lipinski definition) is 4. The number of carbonyl (C=O) groups is 1. The number of benzene rings is 1. The van der Waals surface area contributed by atoms with Crippen molar-refractivity contribution in [2.24, 2.45) is 5.92 Å². The molecule has 2 heterocycles. The number of amides is 1. The van der Waals surface area contributed by atoms with Gasteiger partial charge < -0.3 is 10.1 Å². The molecule has 21 heavy (non-hydrogen) atoms. The molecule has 110 valence electrons. The van der Waals surface area contributed by atoms with Gasteiger partial charge in [-0.2, -0.15) is 0 Å². The molecule has 1 aromatic heterocycles. The van der Waals surface area contributed by atoms with E-state index in [9.17, 15) is 9.59 Å². The third-order valence-corrected chi connectivity index (χ3v) is 4.71. The van der Waals surface area contributed by atoms with Crippen molar-refractivity contribution in [1.29, 1.82) is 0 Å². The molecule has 1 aromatic carbocycles. The summed E-state index contributed by atoms with van der Waals surface area (Å²) in [5.74, 6) is 0.314. The zero-order valence-corrected chi connectivity index (χ0v) is 12.4. The fourth-order valence-electron chi connectivity index (χ4n) is 2.52. The monoisotopic (exact) mass is 303 g/mol. The minimum Gasteiger partial charge on any atom is -0.381 e. The lowest BCUT2D eigenvalue weighted by Gasteiger charge is -2.22. The highest BCUT2D eigenvalue weighted by Crippen LogP contribution is 2.16. The van der Waals surface area contributed by atoms with Crippen molar-refractivity contribution in [2.45, 2.75) is 12.8 Å². The molecule has 3 rings (SSSR count). The molecule has 0 atom stereocenters. The van der Waals surface area contributed by atoms with Gasteiger partial charge in [0.2, 0.25) is 4.74 Å². The molecule has 1 amide bonds. The second-order valence-corrected chi connectivity index (χ2v) is 6.27. The summed E-state index contributed by atoms with van der Waals surface area (Å²) < 4.78 is 5.24. The minimum atomic E-state index is -0.158. The second-order valence-electron chi connectivity index (χ2n) is 5.25. The van der Waals surface area contributed by atoms with Gasteiger partial charge in [0.25, 0.3) is 5.91 Å². The Morgan fingerprint density at radius 1 is 1.29 bits per heavy atom. The molecule has 0 bridgehead atoms. The minimum absolute atomic E-state index is 0.0654. The van der Waals surface area contributed by atoms with Crippen LogP contribution in [0, 0.1) is 5.92 Å². The van der Waals surface area contributed by atoms with Crippen LogP contribution in [0.2, 0.25) is 0 Å². The molecule has 4 nitrogen and oxygen atoms in total. The molecule has 0 unspecified atom stereocenters. The number of rotatable bonds is 3. The van der Waals surface area contributed by atoms with Crippen LogP contribution in [0.25, 0.3) is 10.8 Å². The average Bonchev–Trinajstić information content (AvgIpc) is 2.53. The lowest BCUT2D eigenvalue weighted by Crippen LogP contribution is -2.32. The van der Waals surface area contributed by atoms with Gasteiger partial charge in [0.15, 0.2) is 0 Å². The lowest BCUT2D eigenvalue weighted by molar-refractivity contribution is 0.0643. The van der Waals surface area contributed by atoms with Crippen LogP contribution in [0.1, 0.15) is 22.5 Å². The number of hydrogen-bond donors (Lipinski definition) is 1. The number of carbonyl (C=O) groups excluding carboxylic acids is 1. The summed E-state index contributed by atoms with van der Waals surface area (Å²) in [7, 11) is 0. The van der Waals surface area contributed by atoms with Crippen molar-refractivity contribution in [3.63, 3.8) is 0 Å². The molecule has 1 saturated heterocycles. The van der Waals surface area contributed by atoms with Gasteiger partial charge in [-0.1, -0.05) is 29.5 Å². The normalized spacial score (nSPS) is 16.0. The lowest BCUT2D eigenvalue weighted by atomic mass is 10.0. The average molecular weight is 303 g/mol. The molecule has 1 fully saturated rings. The number of ether oxygens (including phenoxy) is 1. The van der Waals surface area contributed by atoms with E-state index in [1.165, 1.54) is 0 Å². The largest absolute Gasteiger partial charge is 0.381 e. The van der Waals surface area contributed by atoms with Crippen LogP contribution < -0.4 is 10.1 Å². The van der Waals surface area contributed by atoms with Gasteiger partial charge in [0, 0.05) is 25.1 Å². The first-order valence-electron chi connectivity index (χ1n) is 7.13. The number of nitrogens with one attached hydrogen (secondary N) is 1. The van der Waals surface area contributed by atoms with E-state index >= 15 is 0 Å². The van der Waals surface area contributed by atoms with E-state index in [1.54, 1.807) is 12.1 Å². The first-order valence-corrected chi connectivity index (χ1v) is 7.94. The van der Waals surface area contributed by atoms with Gasteiger partial charge in [-0.15, -0.1) is 0 Å². The van der Waals surface area contributed by atoms with Gasteiger partial charge >= 0.3 is 0 Å². The Balaban J connectivity index is 1.73. The van der Waals surface area contributed by atoms with Crippen molar-refractivity contribution in [2.75, 3.05) is 19.8 Å². The Bertz CT molecular complexity index is 704. The molecule has 0 aliphatic carbocycles. The highest BCUT2D eigenvalue weighted by molar-refractivity contribution is 7.12. The summed E-state index contributed by atoms with van der Waals surface area (Å²) in [6, 6.07) is 9.15. The van der Waals surface area contributed by atoms with E-state index in [-0.39, 0.29) is 10.6 Å². The van der Waals surface area contributed by atoms with Crippen LogP contribution >= 0.6 is 11.3 Å². The second kappa shape index (κ2) is 6.37. The predicted octanol–water partition coefficient (Wildman–Crippen LogP) is 2.42. The van der Waals surface area contributed by atoms with Gasteiger partial charge in [0.05, 0.1) is 4.88 Å². The first-order chi connectivity index (χ1) is 10.2. The van der Waals surface area contributed by atoms with Crippen molar-refractivity contribution in [3.05, 3.63) is 44.7 Å². The highest BCUT2D eigenvalue weighted by atomic mass is 32.1. The van der Waals surface area contributed by atoms with Gasteiger partial charge in [-0.3, -0.25) is 9.59 Å². The van der Waals surface area contributed by atoms with Crippen LogP contribution in [0.4, 0.5) is 0 Å². The molecule has 0 saturated carbocycles. The summed E-state index contributed by atoms with van der Waals surface area (Å²) in [6.45, 7) is 2.18. The van der Waals surface area contributed by atoms with Crippen molar-refractivity contribution < 1.29 is 9.53 Å². The first kappa shape index (κ1) is 14.2. The van der Waals surface area contributed by atoms with E-state index in [0.29, 0.717) is 22.7 Å². The summed E-state index contributed by atoms with van der Waals surface area (Å²) in [5, 5.41) is 4.42. The highest BCUT2D eigenvalue weighted by Gasteiger charge is 2.16. The molecule has 1 N–H and O–H groups in total. The summed E-state index contributed by atoms with van der Waals surface area (Å²) in [4.78, 5) is 24.7. The Labute approximate surface area is 126 Å². The molecular weight excluding hydrogens is 286 g/mol. The maximum Gasteiger partial charge on any atom is 0.261 e.